The molecule has 2 aliphatic carbocycles. The number of hydrogen-bond donors (Lipinski definition) is 2. The second-order valence-corrected chi connectivity index (χ2v) is 9.64. The van der Waals surface area contributed by atoms with Gasteiger partial charge >= 0.3 is 0 Å². The standard InChI is InChI=1S/C25H30N2O4/c26-24-16(3-1-14(6-18-10-28-18)22(24)8-20-12-30-20)5-17-4-2-15(7-19-11-29-19)23(25(17)27)9-21-13-31-21/h1-4,16-21,26-27H,5-13H2. The molecule has 0 amide bonds. The van der Waals surface area contributed by atoms with Crippen molar-refractivity contribution in [3.63, 3.8) is 0 Å². The van der Waals surface area contributed by atoms with Gasteiger partial charge in [0.2, 0.25) is 0 Å². The third-order valence-corrected chi connectivity index (χ3v) is 7.10. The smallest absolute Gasteiger partial charge is 0.0850 e. The van der Waals surface area contributed by atoms with Crippen molar-refractivity contribution in [2.75, 3.05) is 26.4 Å². The summed E-state index contributed by atoms with van der Waals surface area (Å²) in [6.07, 6.45) is 14.2. The van der Waals surface area contributed by atoms with Gasteiger partial charge in [-0.3, -0.25) is 0 Å². The van der Waals surface area contributed by atoms with Crippen molar-refractivity contribution in [2.24, 2.45) is 11.8 Å². The Labute approximate surface area is 183 Å². The second kappa shape index (κ2) is 7.93. The largest absolute Gasteiger partial charge is 0.373 e. The number of epoxide rings is 4. The summed E-state index contributed by atoms with van der Waals surface area (Å²) >= 11 is 0. The SMILES string of the molecule is N=C1C(CC2CO2)=C(CC2CO2)C=CC1CC1C=CC(CC2CO2)=C(CC2CO2)C1=N. The van der Waals surface area contributed by atoms with Crippen LogP contribution in [0.5, 0.6) is 0 Å². The van der Waals surface area contributed by atoms with Crippen LogP contribution in [0.25, 0.3) is 0 Å². The summed E-state index contributed by atoms with van der Waals surface area (Å²) in [6, 6.07) is 0. The van der Waals surface area contributed by atoms with Crippen LogP contribution in [0.15, 0.2) is 46.6 Å². The molecule has 6 nitrogen and oxygen atoms in total. The predicted octanol–water partition coefficient (Wildman–Crippen LogP) is 3.54. The van der Waals surface area contributed by atoms with E-state index >= 15 is 0 Å². The lowest BCUT2D eigenvalue weighted by atomic mass is 9.75. The normalized spacial score (nSPS) is 38.2. The Morgan fingerprint density at radius 2 is 0.968 bits per heavy atom. The van der Waals surface area contributed by atoms with Gasteiger partial charge in [0.15, 0.2) is 0 Å². The van der Waals surface area contributed by atoms with Crippen LogP contribution >= 0.6 is 0 Å². The van der Waals surface area contributed by atoms with Crippen LogP contribution in [0.2, 0.25) is 0 Å². The van der Waals surface area contributed by atoms with Crippen LogP contribution in [0.4, 0.5) is 0 Å². The Hall–Kier alpha value is -1.86. The maximum absolute atomic E-state index is 8.97. The average molecular weight is 423 g/mol. The highest BCUT2D eigenvalue weighted by Gasteiger charge is 2.36. The Morgan fingerprint density at radius 1 is 0.613 bits per heavy atom. The minimum atomic E-state index is 0.0411. The van der Waals surface area contributed by atoms with Gasteiger partial charge in [-0.15, -0.1) is 0 Å². The first-order valence-corrected chi connectivity index (χ1v) is 11.6. The molecular formula is C25H30N2O4. The molecule has 4 fully saturated rings. The Bertz CT molecular complexity index is 840. The van der Waals surface area contributed by atoms with Crippen molar-refractivity contribution in [1.82, 2.24) is 0 Å². The first kappa shape index (κ1) is 19.8. The van der Waals surface area contributed by atoms with Crippen LogP contribution in [0, 0.1) is 22.7 Å². The first-order valence-electron chi connectivity index (χ1n) is 11.6. The van der Waals surface area contributed by atoms with Gasteiger partial charge in [0.05, 0.1) is 50.8 Å². The molecule has 164 valence electrons. The molecule has 4 aliphatic heterocycles. The Kier molecular flexibility index (Phi) is 5.06. The molecule has 0 aromatic rings. The maximum atomic E-state index is 8.97. The van der Waals surface area contributed by atoms with Crippen molar-refractivity contribution >= 4 is 11.4 Å². The van der Waals surface area contributed by atoms with Gasteiger partial charge in [-0.1, -0.05) is 24.3 Å². The molecule has 4 heterocycles. The summed E-state index contributed by atoms with van der Waals surface area (Å²) in [6.45, 7) is 3.28. The van der Waals surface area contributed by atoms with E-state index in [0.29, 0.717) is 23.6 Å². The molecule has 2 N–H and O–H groups in total. The lowest BCUT2D eigenvalue weighted by molar-refractivity contribution is 0.402. The maximum Gasteiger partial charge on any atom is 0.0850 e. The number of nitrogens with one attached hydrogen (secondary N) is 2. The van der Waals surface area contributed by atoms with E-state index < -0.39 is 0 Å². The van der Waals surface area contributed by atoms with Gasteiger partial charge in [0, 0.05) is 48.9 Å². The highest BCUT2D eigenvalue weighted by atomic mass is 16.6. The molecule has 6 atom stereocenters. The molecule has 4 saturated heterocycles. The van der Waals surface area contributed by atoms with E-state index in [1.807, 2.05) is 0 Å². The van der Waals surface area contributed by atoms with Crippen molar-refractivity contribution in [3.8, 4) is 0 Å². The molecule has 0 saturated carbocycles. The molecule has 0 aromatic heterocycles. The van der Waals surface area contributed by atoms with E-state index in [4.69, 9.17) is 29.8 Å². The van der Waals surface area contributed by atoms with Crippen LogP contribution in [-0.4, -0.2) is 62.3 Å². The Balaban J connectivity index is 1.17. The first-order chi connectivity index (χ1) is 15.1. The molecule has 0 spiro atoms. The van der Waals surface area contributed by atoms with Crippen LogP contribution in [0.1, 0.15) is 32.1 Å². The molecule has 6 rings (SSSR count). The molecule has 0 aromatic carbocycles. The fourth-order valence-corrected chi connectivity index (χ4v) is 4.87. The van der Waals surface area contributed by atoms with E-state index in [-0.39, 0.29) is 24.0 Å². The third kappa shape index (κ3) is 4.67. The fourth-order valence-electron chi connectivity index (χ4n) is 4.87. The molecule has 0 bridgehead atoms. The van der Waals surface area contributed by atoms with Gasteiger partial charge in [-0.25, -0.2) is 0 Å². The summed E-state index contributed by atoms with van der Waals surface area (Å²) in [5, 5.41) is 17.9. The topological polar surface area (TPSA) is 97.8 Å². The molecule has 6 aliphatic rings. The van der Waals surface area contributed by atoms with Crippen LogP contribution < -0.4 is 0 Å². The monoisotopic (exact) mass is 422 g/mol. The molecule has 31 heavy (non-hydrogen) atoms. The van der Waals surface area contributed by atoms with E-state index in [1.165, 1.54) is 11.1 Å². The summed E-state index contributed by atoms with van der Waals surface area (Å²) < 4.78 is 21.8. The number of hydrogen-bond acceptors (Lipinski definition) is 6. The summed E-state index contributed by atoms with van der Waals surface area (Å²) in [7, 11) is 0. The number of ether oxygens (including phenoxy) is 4. The number of allylic oxidation sites excluding steroid dienone is 4. The summed E-state index contributed by atoms with van der Waals surface area (Å²) in [5.41, 5.74) is 6.20. The van der Waals surface area contributed by atoms with E-state index in [2.05, 4.69) is 24.3 Å². The minimum absolute atomic E-state index is 0.0411. The van der Waals surface area contributed by atoms with E-state index in [9.17, 15) is 0 Å². The molecule has 6 heteroatoms. The summed E-state index contributed by atoms with van der Waals surface area (Å²) in [5.74, 6) is 0.0822. The molecular weight excluding hydrogens is 392 g/mol. The highest BCUT2D eigenvalue weighted by Crippen LogP contribution is 2.38. The van der Waals surface area contributed by atoms with Gasteiger partial charge in [-0.2, -0.15) is 0 Å². The van der Waals surface area contributed by atoms with Crippen molar-refractivity contribution < 1.29 is 18.9 Å². The second-order valence-electron chi connectivity index (χ2n) is 9.64. The van der Waals surface area contributed by atoms with Crippen LogP contribution in [0.3, 0.4) is 0 Å². The van der Waals surface area contributed by atoms with Gasteiger partial charge in [0.25, 0.3) is 0 Å². The molecule has 6 unspecified atom stereocenters. The zero-order valence-corrected chi connectivity index (χ0v) is 17.8. The van der Waals surface area contributed by atoms with Crippen molar-refractivity contribution in [1.29, 1.82) is 10.8 Å². The Morgan fingerprint density at radius 3 is 1.32 bits per heavy atom. The van der Waals surface area contributed by atoms with Crippen LogP contribution in [-0.2, 0) is 18.9 Å². The third-order valence-electron chi connectivity index (χ3n) is 7.10. The number of rotatable bonds is 10. The van der Waals surface area contributed by atoms with Crippen molar-refractivity contribution in [3.05, 3.63) is 46.6 Å². The quantitative estimate of drug-likeness (QED) is 0.526. The van der Waals surface area contributed by atoms with E-state index in [1.54, 1.807) is 0 Å². The van der Waals surface area contributed by atoms with E-state index in [0.717, 1.165) is 69.7 Å². The average Bonchev–Trinajstić information content (AvgIpc) is 3.60. The zero-order valence-electron chi connectivity index (χ0n) is 17.8. The summed E-state index contributed by atoms with van der Waals surface area (Å²) in [4.78, 5) is 0. The zero-order chi connectivity index (χ0) is 20.9. The fraction of sp³-hybridized carbons (Fsp3) is 0.600. The predicted molar refractivity (Wildman–Crippen MR) is 117 cm³/mol. The lowest BCUT2D eigenvalue weighted by Gasteiger charge is -2.29. The lowest BCUT2D eigenvalue weighted by Crippen LogP contribution is -2.27. The van der Waals surface area contributed by atoms with Gasteiger partial charge in [-0.05, 0) is 28.7 Å². The van der Waals surface area contributed by atoms with Crippen molar-refractivity contribution in [2.45, 2.75) is 56.5 Å². The highest BCUT2D eigenvalue weighted by molar-refractivity contribution is 6.05. The van der Waals surface area contributed by atoms with Gasteiger partial charge < -0.3 is 29.8 Å². The van der Waals surface area contributed by atoms with Gasteiger partial charge in [0.1, 0.15) is 0 Å². The molecule has 0 radical (unpaired) electrons. The minimum Gasteiger partial charge on any atom is -0.373 e.